The lowest BCUT2D eigenvalue weighted by Gasteiger charge is -2.34. The predicted octanol–water partition coefficient (Wildman–Crippen LogP) is 4.10. The van der Waals surface area contributed by atoms with Gasteiger partial charge in [-0.05, 0) is 49.8 Å². The highest BCUT2D eigenvalue weighted by molar-refractivity contribution is 8.09. The number of rotatable bonds is 5. The first kappa shape index (κ1) is 22.4. The number of piperidine rings is 3. The number of halogens is 1. The van der Waals surface area contributed by atoms with Crippen molar-refractivity contribution in [2.45, 2.75) is 57.8 Å². The van der Waals surface area contributed by atoms with Gasteiger partial charge in [0.15, 0.2) is 0 Å². The standard InChI is InChI=1S/C15H30ClN6O4PS2/c16-27(22-14-8-3-9-15-22)17-28(23,25-20-10-4-1-5-11-20)19-29(24,18-27)26-21-12-6-2-7-13-21/h1-15H2. The largest absolute Gasteiger partial charge is 0.310 e. The van der Waals surface area contributed by atoms with E-state index in [2.05, 4.69) is 12.1 Å². The molecule has 29 heavy (non-hydrogen) atoms. The first-order chi connectivity index (χ1) is 13.9. The molecule has 3 unspecified atom stereocenters. The summed E-state index contributed by atoms with van der Waals surface area (Å²) in [5.74, 6) is 0. The molecule has 4 rings (SSSR count). The smallest absolute Gasteiger partial charge is 0.239 e. The zero-order valence-corrected chi connectivity index (χ0v) is 19.8. The number of nitrogens with zero attached hydrogens (tertiary/aromatic N) is 6. The summed E-state index contributed by atoms with van der Waals surface area (Å²) in [6.45, 7) is 0.648. The Morgan fingerprint density at radius 3 is 1.66 bits per heavy atom. The van der Waals surface area contributed by atoms with Crippen LogP contribution in [0.4, 0.5) is 0 Å². The molecule has 0 aromatic rings. The maximum atomic E-state index is 13.6. The summed E-state index contributed by atoms with van der Waals surface area (Å²) in [5, 5.41) is 3.20. The molecule has 0 saturated carbocycles. The normalized spacial score (nSPS) is 40.6. The van der Waals surface area contributed by atoms with Gasteiger partial charge in [0.1, 0.15) is 0 Å². The van der Waals surface area contributed by atoms with Crippen LogP contribution in [0.2, 0.25) is 0 Å². The Morgan fingerprint density at radius 2 is 1.14 bits per heavy atom. The maximum Gasteiger partial charge on any atom is 0.310 e. The van der Waals surface area contributed by atoms with Gasteiger partial charge >= 0.3 is 20.4 Å². The first-order valence-electron chi connectivity index (χ1n) is 10.4. The van der Waals surface area contributed by atoms with Crippen molar-refractivity contribution in [1.82, 2.24) is 14.8 Å². The van der Waals surface area contributed by atoms with Gasteiger partial charge < -0.3 is 0 Å². The van der Waals surface area contributed by atoms with E-state index >= 15 is 0 Å². The molecule has 4 aliphatic rings. The molecule has 4 heterocycles. The van der Waals surface area contributed by atoms with Gasteiger partial charge in [-0.15, -0.1) is 8.28 Å². The number of hydrogen-bond donors (Lipinski definition) is 0. The lowest BCUT2D eigenvalue weighted by molar-refractivity contribution is -0.0640. The third kappa shape index (κ3) is 5.72. The quantitative estimate of drug-likeness (QED) is 0.537. The Labute approximate surface area is 179 Å². The van der Waals surface area contributed by atoms with E-state index in [0.717, 1.165) is 57.8 Å². The van der Waals surface area contributed by atoms with E-state index in [-0.39, 0.29) is 0 Å². The minimum Gasteiger partial charge on any atom is -0.239 e. The van der Waals surface area contributed by atoms with E-state index in [1.807, 2.05) is 4.67 Å². The van der Waals surface area contributed by atoms with E-state index in [0.29, 0.717) is 39.3 Å². The van der Waals surface area contributed by atoms with Gasteiger partial charge in [0.25, 0.3) is 6.71 Å². The van der Waals surface area contributed by atoms with Crippen LogP contribution >= 0.6 is 17.9 Å². The molecule has 0 aromatic carbocycles. The third-order valence-corrected chi connectivity index (χ3v) is 13.8. The summed E-state index contributed by atoms with van der Waals surface area (Å²) in [6, 6.07) is 0. The summed E-state index contributed by atoms with van der Waals surface area (Å²) in [6.07, 6.45) is 8.92. The van der Waals surface area contributed by atoms with Crippen molar-refractivity contribution in [3.05, 3.63) is 0 Å². The number of hydroxylamine groups is 4. The van der Waals surface area contributed by atoms with Gasteiger partial charge in [-0.25, -0.2) is 4.67 Å². The molecular formula is C15H30ClN6O4PS2. The Hall–Kier alpha value is 0.220. The fraction of sp³-hybridized carbons (Fsp3) is 1.00. The molecule has 14 heteroatoms. The summed E-state index contributed by atoms with van der Waals surface area (Å²) in [7, 11) is -7.35. The summed E-state index contributed by atoms with van der Waals surface area (Å²) in [5.41, 5.74) is 0. The van der Waals surface area contributed by atoms with Gasteiger partial charge in [0, 0.05) is 39.3 Å². The molecule has 0 radical (unpaired) electrons. The highest BCUT2D eigenvalue weighted by atomic mass is 35.7. The third-order valence-electron chi connectivity index (χ3n) is 5.33. The second kappa shape index (κ2) is 9.38. The van der Waals surface area contributed by atoms with Gasteiger partial charge in [-0.3, -0.25) is 0 Å². The summed E-state index contributed by atoms with van der Waals surface area (Å²) >= 11 is 6.85. The Kier molecular flexibility index (Phi) is 7.25. The molecule has 0 bridgehead atoms. The van der Waals surface area contributed by atoms with Gasteiger partial charge in [-0.1, -0.05) is 23.0 Å². The van der Waals surface area contributed by atoms with E-state index < -0.39 is 27.1 Å². The molecule has 10 nitrogen and oxygen atoms in total. The molecule has 168 valence electrons. The maximum absolute atomic E-state index is 13.6. The SMILES string of the molecule is O=S1(ON2CCCCC2)=NP(Cl)(N2CCCCC2)=NS(=O)(ON2CCCCC2)=N1. The molecule has 3 atom stereocenters. The molecule has 3 fully saturated rings. The van der Waals surface area contributed by atoms with Crippen LogP contribution < -0.4 is 0 Å². The van der Waals surface area contributed by atoms with Crippen molar-refractivity contribution in [3.63, 3.8) is 0 Å². The topological polar surface area (TPSA) is 99.4 Å². The first-order valence-corrected chi connectivity index (χ1v) is 15.8. The minimum atomic E-state index is -3.67. The average Bonchev–Trinajstić information content (AvgIpc) is 2.68. The second-order valence-corrected chi connectivity index (χ2v) is 14.7. The molecule has 0 aliphatic carbocycles. The Balaban J connectivity index is 1.69. The van der Waals surface area contributed by atoms with E-state index in [1.165, 1.54) is 0 Å². The molecular weight excluding hydrogens is 459 g/mol. The second-order valence-electron chi connectivity index (χ2n) is 7.77. The van der Waals surface area contributed by atoms with Crippen LogP contribution in [0.15, 0.2) is 12.1 Å². The fourth-order valence-electron chi connectivity index (χ4n) is 3.87. The zero-order chi connectivity index (χ0) is 20.4. The van der Waals surface area contributed by atoms with Crippen LogP contribution in [0, 0.1) is 0 Å². The van der Waals surface area contributed by atoms with Crippen LogP contribution in [-0.2, 0) is 29.0 Å². The lowest BCUT2D eigenvalue weighted by atomic mass is 10.2. The molecule has 0 N–H and O–H groups in total. The Bertz CT molecular complexity index is 851. The molecule has 0 aromatic heterocycles. The van der Waals surface area contributed by atoms with E-state index in [9.17, 15) is 8.42 Å². The van der Waals surface area contributed by atoms with Crippen LogP contribution in [-0.4, -0.2) is 62.5 Å². The van der Waals surface area contributed by atoms with Crippen molar-refractivity contribution >= 4 is 38.3 Å². The van der Waals surface area contributed by atoms with Crippen LogP contribution in [0.25, 0.3) is 0 Å². The highest BCUT2D eigenvalue weighted by Crippen LogP contribution is 2.64. The van der Waals surface area contributed by atoms with Crippen molar-refractivity contribution in [1.29, 1.82) is 0 Å². The zero-order valence-electron chi connectivity index (χ0n) is 16.6. The Morgan fingerprint density at radius 1 is 0.690 bits per heavy atom. The lowest BCUT2D eigenvalue weighted by Crippen LogP contribution is -2.35. The average molecular weight is 489 g/mol. The molecule has 0 amide bonds. The predicted molar refractivity (Wildman–Crippen MR) is 115 cm³/mol. The van der Waals surface area contributed by atoms with Crippen molar-refractivity contribution in [2.75, 3.05) is 39.3 Å². The van der Waals surface area contributed by atoms with Gasteiger partial charge in [0.2, 0.25) is 0 Å². The van der Waals surface area contributed by atoms with Gasteiger partial charge in [-0.2, -0.15) is 27.1 Å². The van der Waals surface area contributed by atoms with Crippen molar-refractivity contribution in [2.24, 2.45) is 12.1 Å². The van der Waals surface area contributed by atoms with Crippen molar-refractivity contribution < 1.29 is 17.0 Å². The monoisotopic (exact) mass is 488 g/mol. The molecule has 0 spiro atoms. The highest BCUT2D eigenvalue weighted by Gasteiger charge is 2.38. The fourth-order valence-corrected chi connectivity index (χ4v) is 12.9. The van der Waals surface area contributed by atoms with E-state index in [4.69, 9.17) is 19.8 Å². The van der Waals surface area contributed by atoms with Crippen LogP contribution in [0.3, 0.4) is 0 Å². The minimum absolute atomic E-state index is 0.630. The number of hydrogen-bond acceptors (Lipinski definition) is 8. The van der Waals surface area contributed by atoms with Gasteiger partial charge in [0.05, 0.1) is 0 Å². The van der Waals surface area contributed by atoms with Crippen LogP contribution in [0.5, 0.6) is 0 Å². The molecule has 3 saturated heterocycles. The summed E-state index contributed by atoms with van der Waals surface area (Å²) < 4.78 is 53.0. The van der Waals surface area contributed by atoms with Crippen molar-refractivity contribution in [3.8, 4) is 0 Å². The molecule has 4 aliphatic heterocycles. The van der Waals surface area contributed by atoms with E-state index in [1.54, 1.807) is 10.1 Å². The van der Waals surface area contributed by atoms with Crippen LogP contribution in [0.1, 0.15) is 57.8 Å². The summed E-state index contributed by atoms with van der Waals surface area (Å²) in [4.78, 5) is 0.